The molecule has 5 aromatic carbocycles. The molecule has 0 unspecified atom stereocenters. The van der Waals surface area contributed by atoms with E-state index in [4.69, 9.17) is 4.42 Å². The first-order valence-electron chi connectivity index (χ1n) is 11.6. The van der Waals surface area contributed by atoms with E-state index in [0.717, 1.165) is 49.8 Å². The normalized spacial score (nSPS) is 11.3. The largest absolute Gasteiger partial charge is 0.456 e. The Kier molecular flexibility index (Phi) is 4.24. The van der Waals surface area contributed by atoms with E-state index < -0.39 is 0 Å². The first kappa shape index (κ1) is 20.1. The number of rotatable bonds is 2. The van der Waals surface area contributed by atoms with Crippen molar-refractivity contribution < 1.29 is 4.42 Å². The molecule has 0 atom stereocenters. The highest BCUT2D eigenvalue weighted by Gasteiger charge is 2.15. The van der Waals surface area contributed by atoms with Crippen LogP contribution < -0.4 is 0 Å². The number of nitriles is 2. The minimum Gasteiger partial charge on any atom is -0.456 e. The van der Waals surface area contributed by atoms with Gasteiger partial charge in [0.1, 0.15) is 11.2 Å². The first-order chi connectivity index (χ1) is 17.7. The van der Waals surface area contributed by atoms with Crippen molar-refractivity contribution in [3.8, 4) is 29.0 Å². The summed E-state index contributed by atoms with van der Waals surface area (Å²) in [5.41, 5.74) is 7.69. The van der Waals surface area contributed by atoms with Gasteiger partial charge in [0.25, 0.3) is 0 Å². The zero-order chi connectivity index (χ0) is 24.2. The van der Waals surface area contributed by atoms with Gasteiger partial charge in [0.05, 0.1) is 34.3 Å². The summed E-state index contributed by atoms with van der Waals surface area (Å²) in [5, 5.41) is 23.3. The first-order valence-corrected chi connectivity index (χ1v) is 11.6. The van der Waals surface area contributed by atoms with Crippen LogP contribution in [-0.2, 0) is 0 Å². The van der Waals surface area contributed by atoms with Gasteiger partial charge >= 0.3 is 0 Å². The smallest absolute Gasteiger partial charge is 0.135 e. The second-order valence-electron chi connectivity index (χ2n) is 8.89. The topological polar surface area (TPSA) is 65.7 Å². The van der Waals surface area contributed by atoms with Crippen LogP contribution in [0.1, 0.15) is 11.1 Å². The maximum atomic E-state index is 9.40. The van der Waals surface area contributed by atoms with Crippen LogP contribution in [0, 0.1) is 22.7 Å². The molecule has 0 aliphatic heterocycles. The van der Waals surface area contributed by atoms with Gasteiger partial charge in [-0.05, 0) is 71.8 Å². The van der Waals surface area contributed by atoms with Crippen LogP contribution in [-0.4, -0.2) is 4.57 Å². The zero-order valence-corrected chi connectivity index (χ0v) is 19.1. The van der Waals surface area contributed by atoms with Gasteiger partial charge in [-0.2, -0.15) is 10.5 Å². The van der Waals surface area contributed by atoms with E-state index in [2.05, 4.69) is 83.4 Å². The Balaban J connectivity index is 1.48. The summed E-state index contributed by atoms with van der Waals surface area (Å²) < 4.78 is 8.46. The van der Waals surface area contributed by atoms with Crippen LogP contribution in [0.5, 0.6) is 0 Å². The molecule has 0 fully saturated rings. The Labute approximate surface area is 206 Å². The van der Waals surface area contributed by atoms with Crippen molar-refractivity contribution in [2.45, 2.75) is 0 Å². The maximum Gasteiger partial charge on any atom is 0.135 e. The number of hydrogen-bond donors (Lipinski definition) is 0. The lowest BCUT2D eigenvalue weighted by molar-refractivity contribution is 0.669. The van der Waals surface area contributed by atoms with Gasteiger partial charge in [-0.3, -0.25) is 0 Å². The fraction of sp³-hybridized carbons (Fsp3) is 0. The van der Waals surface area contributed by atoms with Crippen LogP contribution in [0.3, 0.4) is 0 Å². The van der Waals surface area contributed by atoms with E-state index in [1.165, 1.54) is 10.8 Å². The fourth-order valence-electron chi connectivity index (χ4n) is 5.21. The van der Waals surface area contributed by atoms with Crippen LogP contribution in [0.2, 0.25) is 0 Å². The molecule has 4 nitrogen and oxygen atoms in total. The van der Waals surface area contributed by atoms with Gasteiger partial charge < -0.3 is 8.98 Å². The van der Waals surface area contributed by atoms with Gasteiger partial charge in [0.2, 0.25) is 0 Å². The van der Waals surface area contributed by atoms with Crippen LogP contribution in [0.15, 0.2) is 108 Å². The van der Waals surface area contributed by atoms with E-state index in [0.29, 0.717) is 11.1 Å². The number of furan rings is 1. The molecule has 7 aromatic rings. The molecule has 0 saturated heterocycles. The summed E-state index contributed by atoms with van der Waals surface area (Å²) in [6.45, 7) is 0. The quantitative estimate of drug-likeness (QED) is 0.262. The SMILES string of the molecule is N#Cc1cc(C#N)cc(-c2ccc3oc4ccc(-n5c6ccccc6c6ccccc65)cc4c3c2)c1. The molecule has 0 aliphatic carbocycles. The highest BCUT2D eigenvalue weighted by atomic mass is 16.3. The fourth-order valence-corrected chi connectivity index (χ4v) is 5.21. The minimum atomic E-state index is 0.467. The predicted molar refractivity (Wildman–Crippen MR) is 143 cm³/mol. The third kappa shape index (κ3) is 2.92. The molecule has 166 valence electrons. The number of fused-ring (bicyclic) bond motifs is 6. The van der Waals surface area contributed by atoms with Crippen LogP contribution in [0.4, 0.5) is 0 Å². The summed E-state index contributed by atoms with van der Waals surface area (Å²) in [5.74, 6) is 0. The Hall–Kier alpha value is -5.32. The van der Waals surface area contributed by atoms with E-state index in [1.807, 2.05) is 30.3 Å². The van der Waals surface area contributed by atoms with Gasteiger partial charge in [0, 0.05) is 27.2 Å². The monoisotopic (exact) mass is 459 g/mol. The molecule has 0 N–H and O–H groups in total. The van der Waals surface area contributed by atoms with Crippen molar-refractivity contribution in [2.24, 2.45) is 0 Å². The third-order valence-electron chi connectivity index (χ3n) is 6.82. The molecule has 36 heavy (non-hydrogen) atoms. The highest BCUT2D eigenvalue weighted by molar-refractivity contribution is 6.11. The zero-order valence-electron chi connectivity index (χ0n) is 19.1. The summed E-state index contributed by atoms with van der Waals surface area (Å²) in [6.07, 6.45) is 0. The summed E-state index contributed by atoms with van der Waals surface area (Å²) in [7, 11) is 0. The van der Waals surface area contributed by atoms with Crippen molar-refractivity contribution >= 4 is 43.7 Å². The van der Waals surface area contributed by atoms with Gasteiger partial charge in [-0.1, -0.05) is 42.5 Å². The lowest BCUT2D eigenvalue weighted by atomic mass is 9.99. The summed E-state index contributed by atoms with van der Waals surface area (Å²) in [6, 6.07) is 38.8. The molecule has 4 heteroatoms. The Morgan fingerprint density at radius 2 is 1.11 bits per heavy atom. The van der Waals surface area contributed by atoms with Crippen LogP contribution >= 0.6 is 0 Å². The Morgan fingerprint density at radius 3 is 1.75 bits per heavy atom. The van der Waals surface area contributed by atoms with Crippen molar-refractivity contribution in [1.29, 1.82) is 10.5 Å². The molecular formula is C32H17N3O. The van der Waals surface area contributed by atoms with Crippen molar-refractivity contribution in [3.05, 3.63) is 114 Å². The maximum absolute atomic E-state index is 9.40. The van der Waals surface area contributed by atoms with E-state index >= 15 is 0 Å². The minimum absolute atomic E-state index is 0.467. The van der Waals surface area contributed by atoms with Gasteiger partial charge in [-0.25, -0.2) is 0 Å². The number of benzene rings is 5. The van der Waals surface area contributed by atoms with E-state index in [9.17, 15) is 10.5 Å². The standard InChI is InChI=1S/C32H17N3O/c33-18-20-13-21(19-34)15-23(14-20)22-9-11-31-27(16-22)28-17-24(10-12-32(28)36-31)35-29-7-3-1-5-25(29)26-6-2-4-8-30(26)35/h1-17H. The molecular weight excluding hydrogens is 442 g/mol. The van der Waals surface area contributed by atoms with Gasteiger partial charge in [0.15, 0.2) is 0 Å². The lowest BCUT2D eigenvalue weighted by Crippen LogP contribution is -1.93. The number of nitrogens with zero attached hydrogens (tertiary/aromatic N) is 3. The van der Waals surface area contributed by atoms with Crippen molar-refractivity contribution in [3.63, 3.8) is 0 Å². The summed E-state index contributed by atoms with van der Waals surface area (Å²) >= 11 is 0. The summed E-state index contributed by atoms with van der Waals surface area (Å²) in [4.78, 5) is 0. The van der Waals surface area contributed by atoms with Crippen molar-refractivity contribution in [1.82, 2.24) is 4.57 Å². The molecule has 2 aromatic heterocycles. The molecule has 0 bridgehead atoms. The van der Waals surface area contributed by atoms with Crippen LogP contribution in [0.25, 0.3) is 60.6 Å². The second kappa shape index (κ2) is 7.60. The second-order valence-corrected chi connectivity index (χ2v) is 8.89. The average Bonchev–Trinajstić information content (AvgIpc) is 3.47. The third-order valence-corrected chi connectivity index (χ3v) is 6.82. The highest BCUT2D eigenvalue weighted by Crippen LogP contribution is 2.37. The number of para-hydroxylation sites is 2. The lowest BCUT2D eigenvalue weighted by Gasteiger charge is -2.08. The predicted octanol–water partition coefficient (Wildman–Crippen LogP) is 8.09. The van der Waals surface area contributed by atoms with Gasteiger partial charge in [-0.15, -0.1) is 0 Å². The molecule has 2 heterocycles. The number of aromatic nitrogens is 1. The molecule has 0 amide bonds. The number of hydrogen-bond acceptors (Lipinski definition) is 3. The molecule has 0 spiro atoms. The van der Waals surface area contributed by atoms with E-state index in [-0.39, 0.29) is 0 Å². The molecule has 0 radical (unpaired) electrons. The van der Waals surface area contributed by atoms with Crippen molar-refractivity contribution in [2.75, 3.05) is 0 Å². The van der Waals surface area contributed by atoms with E-state index in [1.54, 1.807) is 6.07 Å². The molecule has 7 rings (SSSR count). The Morgan fingerprint density at radius 1 is 0.528 bits per heavy atom. The Bertz CT molecular complexity index is 1990. The molecule has 0 saturated carbocycles. The average molecular weight is 460 g/mol. The molecule has 0 aliphatic rings.